The number of aromatic nitrogens is 2. The van der Waals surface area contributed by atoms with Crippen LogP contribution in [-0.4, -0.2) is 10.3 Å². The summed E-state index contributed by atoms with van der Waals surface area (Å²) in [7, 11) is 0. The van der Waals surface area contributed by atoms with Crippen LogP contribution in [0.3, 0.4) is 0 Å². The minimum atomic E-state index is 0.776. The van der Waals surface area contributed by atoms with Gasteiger partial charge in [0.2, 0.25) is 0 Å². The van der Waals surface area contributed by atoms with Crippen molar-refractivity contribution in [2.24, 2.45) is 0 Å². The molecule has 2 aromatic rings. The van der Waals surface area contributed by atoms with Crippen LogP contribution in [0.15, 0.2) is 9.05 Å². The summed E-state index contributed by atoms with van der Waals surface area (Å²) in [5.74, 6) is 1.57. The maximum Gasteiger partial charge on any atom is 0.177 e. The summed E-state index contributed by atoms with van der Waals surface area (Å²) >= 11 is 0. The smallest absolute Gasteiger partial charge is 0.177 e. The van der Waals surface area contributed by atoms with Crippen LogP contribution in [0, 0.1) is 13.8 Å². The summed E-state index contributed by atoms with van der Waals surface area (Å²) in [6.45, 7) is 5.37. The molecular weight excluding hydrogens is 194 g/mol. The Morgan fingerprint density at radius 2 is 2.00 bits per heavy atom. The van der Waals surface area contributed by atoms with Gasteiger partial charge >= 0.3 is 0 Å². The third kappa shape index (κ3) is 1.13. The number of nitrogens with zero attached hydrogens (tertiary/aromatic N) is 2. The largest absolute Gasteiger partial charge is 0.361 e. The van der Waals surface area contributed by atoms with Crippen LogP contribution >= 0.6 is 0 Å². The van der Waals surface area contributed by atoms with Crippen LogP contribution in [0.2, 0.25) is 0 Å². The van der Waals surface area contributed by atoms with Crippen molar-refractivity contribution in [3.8, 4) is 11.3 Å². The maximum absolute atomic E-state index is 5.35. The molecule has 2 aromatic heterocycles. The molecule has 0 saturated heterocycles. The summed E-state index contributed by atoms with van der Waals surface area (Å²) in [5.41, 5.74) is 3.90. The Morgan fingerprint density at radius 3 is 2.73 bits per heavy atom. The quantitative estimate of drug-likeness (QED) is 0.765. The molecular formula is C10H11N3O2. The fourth-order valence-corrected chi connectivity index (χ4v) is 1.97. The summed E-state index contributed by atoms with van der Waals surface area (Å²) in [5, 5.41) is 11.2. The van der Waals surface area contributed by atoms with E-state index < -0.39 is 0 Å². The van der Waals surface area contributed by atoms with E-state index in [9.17, 15) is 0 Å². The van der Waals surface area contributed by atoms with Crippen molar-refractivity contribution in [1.82, 2.24) is 15.6 Å². The van der Waals surface area contributed by atoms with Gasteiger partial charge in [0.25, 0.3) is 0 Å². The lowest BCUT2D eigenvalue weighted by molar-refractivity contribution is 0.391. The molecule has 0 atom stereocenters. The average molecular weight is 205 g/mol. The molecule has 3 rings (SSSR count). The second kappa shape index (κ2) is 2.93. The maximum atomic E-state index is 5.35. The molecule has 0 aromatic carbocycles. The van der Waals surface area contributed by atoms with Crippen molar-refractivity contribution < 1.29 is 9.05 Å². The Kier molecular flexibility index (Phi) is 1.70. The number of hydrogen-bond acceptors (Lipinski definition) is 5. The summed E-state index contributed by atoms with van der Waals surface area (Å²) in [4.78, 5) is 0. The van der Waals surface area contributed by atoms with E-state index in [-0.39, 0.29) is 0 Å². The molecule has 0 fully saturated rings. The van der Waals surface area contributed by atoms with Gasteiger partial charge in [-0.2, -0.15) is 0 Å². The number of aryl methyl sites for hydroxylation is 2. The van der Waals surface area contributed by atoms with Crippen LogP contribution in [0.4, 0.5) is 0 Å². The lowest BCUT2D eigenvalue weighted by Gasteiger charge is -1.96. The minimum absolute atomic E-state index is 0.776. The third-order valence-electron chi connectivity index (χ3n) is 2.72. The average Bonchev–Trinajstić information content (AvgIpc) is 2.84. The number of hydrogen-bond donors (Lipinski definition) is 1. The fourth-order valence-electron chi connectivity index (χ4n) is 1.97. The first kappa shape index (κ1) is 8.67. The SMILES string of the molecule is Cc1noc(C)c1-c1onc2c1CNC2. The topological polar surface area (TPSA) is 64.1 Å². The molecule has 0 amide bonds. The molecule has 0 radical (unpaired) electrons. The van der Waals surface area contributed by atoms with Gasteiger partial charge in [0.15, 0.2) is 5.76 Å². The van der Waals surface area contributed by atoms with E-state index >= 15 is 0 Å². The highest BCUT2D eigenvalue weighted by atomic mass is 16.5. The van der Waals surface area contributed by atoms with Gasteiger partial charge < -0.3 is 14.4 Å². The highest BCUT2D eigenvalue weighted by Gasteiger charge is 2.25. The van der Waals surface area contributed by atoms with Gasteiger partial charge in [0.05, 0.1) is 11.3 Å². The van der Waals surface area contributed by atoms with Crippen LogP contribution < -0.4 is 5.32 Å². The molecule has 0 bridgehead atoms. The first-order valence-corrected chi connectivity index (χ1v) is 4.88. The monoisotopic (exact) mass is 205 g/mol. The first-order chi connectivity index (χ1) is 7.27. The molecule has 5 nitrogen and oxygen atoms in total. The van der Waals surface area contributed by atoms with E-state index in [1.165, 1.54) is 0 Å². The number of fused-ring (bicyclic) bond motifs is 1. The molecule has 1 aliphatic heterocycles. The van der Waals surface area contributed by atoms with Gasteiger partial charge in [0.1, 0.15) is 11.5 Å². The zero-order valence-corrected chi connectivity index (χ0v) is 8.63. The second-order valence-corrected chi connectivity index (χ2v) is 3.74. The Hall–Kier alpha value is -1.62. The normalized spacial score (nSPS) is 14.5. The standard InChI is InChI=1S/C10H11N3O2/c1-5-9(6(2)14-12-5)10-7-3-11-4-8(7)13-15-10/h11H,3-4H2,1-2H3. The van der Waals surface area contributed by atoms with Gasteiger partial charge in [0, 0.05) is 18.7 Å². The number of rotatable bonds is 1. The molecule has 1 N–H and O–H groups in total. The van der Waals surface area contributed by atoms with Crippen LogP contribution in [0.25, 0.3) is 11.3 Å². The van der Waals surface area contributed by atoms with Crippen LogP contribution in [0.1, 0.15) is 22.7 Å². The Bertz CT molecular complexity index is 493. The van der Waals surface area contributed by atoms with Crippen molar-refractivity contribution in [1.29, 1.82) is 0 Å². The molecule has 78 valence electrons. The fraction of sp³-hybridized carbons (Fsp3) is 0.400. The summed E-state index contributed by atoms with van der Waals surface area (Å²) in [6.07, 6.45) is 0. The number of nitrogens with one attached hydrogen (secondary N) is 1. The lowest BCUT2D eigenvalue weighted by Crippen LogP contribution is -2.02. The van der Waals surface area contributed by atoms with E-state index in [1.54, 1.807) is 0 Å². The van der Waals surface area contributed by atoms with Gasteiger partial charge in [-0.1, -0.05) is 10.3 Å². The molecule has 0 unspecified atom stereocenters. The molecule has 0 aliphatic carbocycles. The third-order valence-corrected chi connectivity index (χ3v) is 2.72. The zero-order valence-electron chi connectivity index (χ0n) is 8.63. The van der Waals surface area contributed by atoms with Crippen molar-refractivity contribution in [2.45, 2.75) is 26.9 Å². The van der Waals surface area contributed by atoms with Crippen molar-refractivity contribution in [2.75, 3.05) is 0 Å². The van der Waals surface area contributed by atoms with Crippen molar-refractivity contribution in [3.05, 3.63) is 22.7 Å². The van der Waals surface area contributed by atoms with Gasteiger partial charge in [-0.15, -0.1) is 0 Å². The molecule has 5 heteroatoms. The Labute approximate surface area is 86.4 Å². The van der Waals surface area contributed by atoms with E-state index in [0.29, 0.717) is 0 Å². The van der Waals surface area contributed by atoms with Gasteiger partial charge in [-0.25, -0.2) is 0 Å². The van der Waals surface area contributed by atoms with Gasteiger partial charge in [-0.05, 0) is 13.8 Å². The molecule has 3 heterocycles. The Balaban J connectivity index is 2.21. The minimum Gasteiger partial charge on any atom is -0.361 e. The van der Waals surface area contributed by atoms with Crippen LogP contribution in [0.5, 0.6) is 0 Å². The highest BCUT2D eigenvalue weighted by Crippen LogP contribution is 2.33. The Morgan fingerprint density at radius 1 is 1.13 bits per heavy atom. The van der Waals surface area contributed by atoms with E-state index in [1.807, 2.05) is 13.8 Å². The molecule has 1 aliphatic rings. The van der Waals surface area contributed by atoms with Crippen molar-refractivity contribution in [3.63, 3.8) is 0 Å². The summed E-state index contributed by atoms with van der Waals surface area (Å²) < 4.78 is 10.5. The van der Waals surface area contributed by atoms with Crippen molar-refractivity contribution >= 4 is 0 Å². The summed E-state index contributed by atoms with van der Waals surface area (Å²) in [6, 6.07) is 0. The second-order valence-electron chi connectivity index (χ2n) is 3.74. The first-order valence-electron chi connectivity index (χ1n) is 4.88. The van der Waals surface area contributed by atoms with E-state index in [4.69, 9.17) is 9.05 Å². The molecule has 15 heavy (non-hydrogen) atoms. The predicted molar refractivity (Wildman–Crippen MR) is 52.0 cm³/mol. The van der Waals surface area contributed by atoms with E-state index in [2.05, 4.69) is 15.6 Å². The van der Waals surface area contributed by atoms with Gasteiger partial charge in [-0.3, -0.25) is 0 Å². The predicted octanol–water partition coefficient (Wildman–Crippen LogP) is 1.55. The molecule has 0 saturated carbocycles. The molecule has 0 spiro atoms. The zero-order chi connectivity index (χ0) is 10.4. The lowest BCUT2D eigenvalue weighted by atomic mass is 10.1. The van der Waals surface area contributed by atoms with Crippen LogP contribution in [-0.2, 0) is 13.1 Å². The van der Waals surface area contributed by atoms with E-state index in [0.717, 1.165) is 47.1 Å². The highest BCUT2D eigenvalue weighted by molar-refractivity contribution is 5.66.